The second kappa shape index (κ2) is 4.77. The van der Waals surface area contributed by atoms with Crippen molar-refractivity contribution in [3.63, 3.8) is 0 Å². The first-order chi connectivity index (χ1) is 7.81. The Kier molecular flexibility index (Phi) is 3.18. The van der Waals surface area contributed by atoms with Crippen LogP contribution in [0.3, 0.4) is 0 Å². The largest absolute Gasteiger partial charge is 0.383 e. The molecule has 16 heavy (non-hydrogen) atoms. The van der Waals surface area contributed by atoms with Crippen LogP contribution in [-0.4, -0.2) is 31.8 Å². The molecule has 0 aliphatic heterocycles. The molecule has 2 aromatic rings. The van der Waals surface area contributed by atoms with Gasteiger partial charge in [-0.15, -0.1) is 0 Å². The van der Waals surface area contributed by atoms with Crippen LogP contribution in [0.5, 0.6) is 0 Å². The fourth-order valence-electron chi connectivity index (χ4n) is 1.17. The zero-order valence-corrected chi connectivity index (χ0v) is 8.45. The third-order valence-corrected chi connectivity index (χ3v) is 1.96. The summed E-state index contributed by atoms with van der Waals surface area (Å²) in [5.41, 5.74) is 5.81. The molecular formula is C9H11N5O2. The topological polar surface area (TPSA) is 111 Å². The molecule has 0 amide bonds. The zero-order valence-electron chi connectivity index (χ0n) is 8.45. The summed E-state index contributed by atoms with van der Waals surface area (Å²) in [5.74, 6) is 0.449. The van der Waals surface area contributed by atoms with E-state index in [1.165, 1.54) is 12.4 Å². The lowest BCUT2D eigenvalue weighted by Crippen LogP contribution is -2.06. The predicted molar refractivity (Wildman–Crippen MR) is 54.0 cm³/mol. The van der Waals surface area contributed by atoms with Gasteiger partial charge in [-0.3, -0.25) is 4.98 Å². The van der Waals surface area contributed by atoms with Crippen LogP contribution in [0.2, 0.25) is 0 Å². The van der Waals surface area contributed by atoms with E-state index in [2.05, 4.69) is 20.1 Å². The van der Waals surface area contributed by atoms with Gasteiger partial charge in [0.25, 0.3) is 5.89 Å². The number of aliphatic hydroxyl groups excluding tert-OH is 1. The van der Waals surface area contributed by atoms with Crippen molar-refractivity contribution in [2.45, 2.75) is 12.5 Å². The zero-order chi connectivity index (χ0) is 11.4. The Morgan fingerprint density at radius 1 is 1.44 bits per heavy atom. The van der Waals surface area contributed by atoms with Gasteiger partial charge in [0.1, 0.15) is 11.8 Å². The Morgan fingerprint density at radius 2 is 2.31 bits per heavy atom. The van der Waals surface area contributed by atoms with E-state index < -0.39 is 6.10 Å². The molecule has 0 saturated heterocycles. The standard InChI is InChI=1S/C9H11N5O2/c10-2-1-7(15)9-13-8(14-16-9)6-5-11-3-4-12-6/h3-5,7,15H,1-2,10H2. The molecule has 0 radical (unpaired) electrons. The number of aliphatic hydroxyl groups is 1. The minimum absolute atomic E-state index is 0.145. The molecule has 0 fully saturated rings. The van der Waals surface area contributed by atoms with Gasteiger partial charge in [0.05, 0.1) is 6.20 Å². The van der Waals surface area contributed by atoms with E-state index in [1.807, 2.05) is 0 Å². The summed E-state index contributed by atoms with van der Waals surface area (Å²) in [5, 5.41) is 13.3. The molecule has 2 rings (SSSR count). The van der Waals surface area contributed by atoms with Crippen molar-refractivity contribution >= 4 is 0 Å². The maximum Gasteiger partial charge on any atom is 0.255 e. The summed E-state index contributed by atoms with van der Waals surface area (Å²) in [7, 11) is 0. The highest BCUT2D eigenvalue weighted by molar-refractivity contribution is 5.45. The van der Waals surface area contributed by atoms with Crippen molar-refractivity contribution in [1.29, 1.82) is 0 Å². The average Bonchev–Trinajstić information content (AvgIpc) is 2.80. The van der Waals surface area contributed by atoms with Crippen molar-refractivity contribution in [2.24, 2.45) is 5.73 Å². The molecule has 0 bridgehead atoms. The van der Waals surface area contributed by atoms with Gasteiger partial charge in [-0.2, -0.15) is 4.98 Å². The van der Waals surface area contributed by atoms with Gasteiger partial charge in [-0.1, -0.05) is 5.16 Å². The summed E-state index contributed by atoms with van der Waals surface area (Å²) in [6.45, 7) is 0.351. The molecule has 1 atom stereocenters. The van der Waals surface area contributed by atoms with Crippen LogP contribution in [0, 0.1) is 0 Å². The predicted octanol–water partition coefficient (Wildman–Crippen LogP) is -0.0912. The first-order valence-corrected chi connectivity index (χ1v) is 4.79. The number of hydrogen-bond acceptors (Lipinski definition) is 7. The summed E-state index contributed by atoms with van der Waals surface area (Å²) in [6.07, 6.45) is 4.14. The third-order valence-electron chi connectivity index (χ3n) is 1.96. The molecule has 0 aliphatic carbocycles. The fourth-order valence-corrected chi connectivity index (χ4v) is 1.17. The molecule has 0 spiro atoms. The Morgan fingerprint density at radius 3 is 3.00 bits per heavy atom. The fraction of sp³-hybridized carbons (Fsp3) is 0.333. The highest BCUT2D eigenvalue weighted by Gasteiger charge is 2.16. The van der Waals surface area contributed by atoms with Gasteiger partial charge in [-0.25, -0.2) is 4.98 Å². The normalized spacial score (nSPS) is 12.6. The van der Waals surface area contributed by atoms with Gasteiger partial charge >= 0.3 is 0 Å². The summed E-state index contributed by atoms with van der Waals surface area (Å²) < 4.78 is 4.90. The summed E-state index contributed by atoms with van der Waals surface area (Å²) in [4.78, 5) is 11.9. The highest BCUT2D eigenvalue weighted by Crippen LogP contribution is 2.17. The van der Waals surface area contributed by atoms with Crippen LogP contribution in [0.4, 0.5) is 0 Å². The van der Waals surface area contributed by atoms with Crippen molar-refractivity contribution in [3.8, 4) is 11.5 Å². The molecule has 7 nitrogen and oxygen atoms in total. The summed E-state index contributed by atoms with van der Waals surface area (Å²) in [6, 6.07) is 0. The Balaban J connectivity index is 2.20. The molecule has 0 aliphatic rings. The number of rotatable bonds is 4. The van der Waals surface area contributed by atoms with E-state index >= 15 is 0 Å². The van der Waals surface area contributed by atoms with Crippen molar-refractivity contribution in [3.05, 3.63) is 24.5 Å². The quantitative estimate of drug-likeness (QED) is 0.741. The minimum atomic E-state index is -0.831. The Bertz CT molecular complexity index is 444. The second-order valence-electron chi connectivity index (χ2n) is 3.14. The molecule has 3 N–H and O–H groups in total. The van der Waals surface area contributed by atoms with Gasteiger partial charge in [0, 0.05) is 12.4 Å². The van der Waals surface area contributed by atoms with E-state index in [1.54, 1.807) is 6.20 Å². The van der Waals surface area contributed by atoms with E-state index in [9.17, 15) is 5.11 Å². The molecule has 0 aromatic carbocycles. The van der Waals surface area contributed by atoms with Crippen LogP contribution in [0.25, 0.3) is 11.5 Å². The first-order valence-electron chi connectivity index (χ1n) is 4.79. The molecule has 0 saturated carbocycles. The Hall–Kier alpha value is -1.86. The molecular weight excluding hydrogens is 210 g/mol. The van der Waals surface area contributed by atoms with Crippen molar-refractivity contribution in [2.75, 3.05) is 6.54 Å². The monoisotopic (exact) mass is 221 g/mol. The first kappa shape index (κ1) is 10.7. The molecule has 7 heteroatoms. The number of nitrogens with two attached hydrogens (primary N) is 1. The lowest BCUT2D eigenvalue weighted by Gasteiger charge is -2.00. The molecule has 1 unspecified atom stereocenters. The van der Waals surface area contributed by atoms with Crippen molar-refractivity contribution < 1.29 is 9.63 Å². The van der Waals surface area contributed by atoms with Gasteiger partial charge in [-0.05, 0) is 13.0 Å². The van der Waals surface area contributed by atoms with Crippen LogP contribution < -0.4 is 5.73 Å². The molecule has 84 valence electrons. The lowest BCUT2D eigenvalue weighted by molar-refractivity contribution is 0.127. The maximum absolute atomic E-state index is 9.57. The molecule has 2 aromatic heterocycles. The number of hydrogen-bond donors (Lipinski definition) is 2. The van der Waals surface area contributed by atoms with Gasteiger partial charge < -0.3 is 15.4 Å². The smallest absolute Gasteiger partial charge is 0.255 e. The molecule has 2 heterocycles. The van der Waals surface area contributed by atoms with E-state index in [0.29, 0.717) is 24.5 Å². The lowest BCUT2D eigenvalue weighted by atomic mass is 10.2. The van der Waals surface area contributed by atoms with Crippen LogP contribution in [0.15, 0.2) is 23.1 Å². The number of nitrogens with zero attached hydrogens (tertiary/aromatic N) is 4. The minimum Gasteiger partial charge on any atom is -0.383 e. The van der Waals surface area contributed by atoms with E-state index in [-0.39, 0.29) is 5.89 Å². The maximum atomic E-state index is 9.57. The van der Waals surface area contributed by atoms with Crippen LogP contribution in [0.1, 0.15) is 18.4 Å². The van der Waals surface area contributed by atoms with Crippen LogP contribution >= 0.6 is 0 Å². The Labute approximate surface area is 91.3 Å². The van der Waals surface area contributed by atoms with Crippen LogP contribution in [-0.2, 0) is 0 Å². The second-order valence-corrected chi connectivity index (χ2v) is 3.14. The van der Waals surface area contributed by atoms with Crippen molar-refractivity contribution in [1.82, 2.24) is 20.1 Å². The van der Waals surface area contributed by atoms with Gasteiger partial charge in [0.2, 0.25) is 5.82 Å². The van der Waals surface area contributed by atoms with E-state index in [4.69, 9.17) is 10.3 Å². The van der Waals surface area contributed by atoms with E-state index in [0.717, 1.165) is 0 Å². The summed E-state index contributed by atoms with van der Waals surface area (Å²) >= 11 is 0. The third kappa shape index (κ3) is 2.20. The van der Waals surface area contributed by atoms with Gasteiger partial charge in [0.15, 0.2) is 0 Å². The number of aromatic nitrogens is 4. The SMILES string of the molecule is NCCC(O)c1nc(-c2cnccn2)no1. The highest BCUT2D eigenvalue weighted by atomic mass is 16.5. The average molecular weight is 221 g/mol.